The van der Waals surface area contributed by atoms with E-state index in [-0.39, 0.29) is 63.6 Å². The van der Waals surface area contributed by atoms with Gasteiger partial charge in [0.2, 0.25) is 41.9 Å². The number of aliphatic imine (C=N–C) groups is 1. The number of para-hydroxylation sites is 1. The molecule has 0 radical (unpaired) electrons. The lowest BCUT2D eigenvalue weighted by atomic mass is 9.84. The molecule has 65 heavy (non-hydrogen) atoms. The Hall–Kier alpha value is -6.46. The summed E-state index contributed by atoms with van der Waals surface area (Å²) in [5, 5.41) is 18.1. The monoisotopic (exact) mass is 896 g/mol. The molecule has 6 rings (SSSR count). The average molecular weight is 896 g/mol. The molecule has 2 saturated heterocycles. The first-order valence-electron chi connectivity index (χ1n) is 23.1. The quantitative estimate of drug-likeness (QED) is 0.0460. The molecule has 6 atom stereocenters. The van der Waals surface area contributed by atoms with Gasteiger partial charge in [-0.1, -0.05) is 80.6 Å². The molecule has 350 valence electrons. The summed E-state index contributed by atoms with van der Waals surface area (Å²) in [6.07, 6.45) is 9.95. The van der Waals surface area contributed by atoms with E-state index in [0.29, 0.717) is 38.5 Å². The molecule has 2 aromatic carbocycles. The smallest absolute Gasteiger partial charge is 0.245 e. The van der Waals surface area contributed by atoms with Crippen molar-refractivity contribution in [1.82, 2.24) is 41.8 Å². The van der Waals surface area contributed by atoms with Crippen molar-refractivity contribution >= 4 is 58.7 Å². The highest BCUT2D eigenvalue weighted by molar-refractivity contribution is 5.97. The summed E-state index contributed by atoms with van der Waals surface area (Å²) in [5.74, 6) is -3.13. The number of amides is 7. The predicted molar refractivity (Wildman–Crippen MR) is 246 cm³/mol. The van der Waals surface area contributed by atoms with Crippen molar-refractivity contribution in [2.24, 2.45) is 22.4 Å². The maximum atomic E-state index is 14.6. The number of hydrogen-bond donors (Lipinski definition) is 9. The first kappa shape index (κ1) is 48.0. The average Bonchev–Trinajstić information content (AvgIpc) is 3.97. The van der Waals surface area contributed by atoms with Crippen LogP contribution in [0.15, 0.2) is 65.8 Å². The Balaban J connectivity index is 1.29. The second-order valence-electron chi connectivity index (χ2n) is 17.5. The van der Waals surface area contributed by atoms with Crippen molar-refractivity contribution in [3.63, 3.8) is 0 Å². The maximum Gasteiger partial charge on any atom is 0.245 e. The van der Waals surface area contributed by atoms with Gasteiger partial charge in [0.1, 0.15) is 36.3 Å². The van der Waals surface area contributed by atoms with Crippen molar-refractivity contribution in [2.75, 3.05) is 19.6 Å². The lowest BCUT2D eigenvalue weighted by Crippen LogP contribution is -2.60. The van der Waals surface area contributed by atoms with Crippen LogP contribution in [0.5, 0.6) is 0 Å². The molecule has 18 heteroatoms. The number of nitrogens with zero attached hydrogens (tertiary/aromatic N) is 2. The van der Waals surface area contributed by atoms with Crippen LogP contribution in [-0.4, -0.2) is 114 Å². The molecule has 1 aromatic heterocycles. The number of H-pyrrole nitrogens is 1. The van der Waals surface area contributed by atoms with E-state index >= 15 is 0 Å². The molecule has 2 aliphatic heterocycles. The van der Waals surface area contributed by atoms with Crippen LogP contribution in [-0.2, 0) is 46.4 Å². The highest BCUT2D eigenvalue weighted by Gasteiger charge is 2.40. The number of rotatable bonds is 15. The lowest BCUT2D eigenvalue weighted by Gasteiger charge is -2.32. The number of nitrogens with two attached hydrogens (primary N) is 2. The minimum atomic E-state index is -1.14. The molecule has 3 aromatic rings. The summed E-state index contributed by atoms with van der Waals surface area (Å²) < 4.78 is 0. The Kier molecular flexibility index (Phi) is 17.7. The molecule has 1 aliphatic carbocycles. The van der Waals surface area contributed by atoms with Crippen LogP contribution in [0.4, 0.5) is 0 Å². The van der Waals surface area contributed by atoms with Gasteiger partial charge in [-0.2, -0.15) is 0 Å². The van der Waals surface area contributed by atoms with Gasteiger partial charge in [0.25, 0.3) is 0 Å². The van der Waals surface area contributed by atoms with Gasteiger partial charge in [0, 0.05) is 43.2 Å². The molecule has 0 bridgehead atoms. The van der Waals surface area contributed by atoms with Crippen molar-refractivity contribution in [1.29, 1.82) is 0 Å². The van der Waals surface area contributed by atoms with Gasteiger partial charge in [-0.15, -0.1) is 0 Å². The minimum absolute atomic E-state index is 0.0744. The van der Waals surface area contributed by atoms with Crippen LogP contribution in [0.3, 0.4) is 0 Å². The lowest BCUT2D eigenvalue weighted by molar-refractivity contribution is -0.142. The third kappa shape index (κ3) is 13.8. The number of aromatic amines is 1. The Labute approximate surface area is 379 Å². The van der Waals surface area contributed by atoms with Gasteiger partial charge in [-0.25, -0.2) is 0 Å². The molecule has 0 unspecified atom stereocenters. The van der Waals surface area contributed by atoms with E-state index in [0.717, 1.165) is 54.1 Å². The van der Waals surface area contributed by atoms with E-state index in [1.807, 2.05) is 54.6 Å². The summed E-state index contributed by atoms with van der Waals surface area (Å²) in [6, 6.07) is 10.9. The third-order valence-corrected chi connectivity index (χ3v) is 12.8. The number of aryl methyl sites for hydroxylation is 1. The molecule has 7 amide bonds. The summed E-state index contributed by atoms with van der Waals surface area (Å²) in [5.41, 5.74) is 13.7. The van der Waals surface area contributed by atoms with Crippen molar-refractivity contribution in [2.45, 2.75) is 133 Å². The van der Waals surface area contributed by atoms with Gasteiger partial charge in [0.15, 0.2) is 5.96 Å². The Bertz CT molecular complexity index is 2140. The van der Waals surface area contributed by atoms with Gasteiger partial charge < -0.3 is 53.3 Å². The van der Waals surface area contributed by atoms with Crippen LogP contribution in [0.1, 0.15) is 94.6 Å². The zero-order valence-corrected chi connectivity index (χ0v) is 37.0. The number of carbonyl (C=O) groups is 7. The highest BCUT2D eigenvalue weighted by atomic mass is 16.2. The molecule has 3 heterocycles. The van der Waals surface area contributed by atoms with E-state index in [4.69, 9.17) is 11.5 Å². The normalized spacial score (nSPS) is 23.4. The van der Waals surface area contributed by atoms with E-state index in [9.17, 15) is 33.6 Å². The number of benzene rings is 2. The number of hydrogen-bond acceptors (Lipinski definition) is 8. The first-order valence-corrected chi connectivity index (χ1v) is 23.1. The zero-order valence-electron chi connectivity index (χ0n) is 37.0. The van der Waals surface area contributed by atoms with E-state index in [1.54, 1.807) is 6.20 Å². The van der Waals surface area contributed by atoms with Crippen molar-refractivity contribution < 1.29 is 33.6 Å². The van der Waals surface area contributed by atoms with Gasteiger partial charge in [-0.3, -0.25) is 38.6 Å². The molecule has 3 aliphatic rings. The second-order valence-corrected chi connectivity index (χ2v) is 17.5. The molecule has 1 saturated carbocycles. The number of carbonyl (C=O) groups excluding carboxylic acids is 7. The standard InChI is InChI=1S/C47H65N11O7/c48-47(49)51-24-9-18-36-41(60)50-23-10-19-37(55-42(61)35(53-29-59)22-21-30-12-3-1-4-13-30)46(65)58-25-11-20-40(58)45(64)57-38(26-31-14-5-2-6-15-31)43(62)56-39(44(63)54-36)27-32-28-52-34-17-8-7-16-33(32)34/h1,3-4,7-8,12-13,16-17,28-29,31,35-40,52H,2,5-6,9-11,14-15,18-27H2,(H,50,60)(H,53,59)(H,54,63)(H,55,61)(H,56,62)(H,57,64)(H4,48,49,51)/t35-,36-,37-,38+,39-,40-/m0/s1. The molecule has 0 spiro atoms. The third-order valence-electron chi connectivity index (χ3n) is 12.8. The fourth-order valence-corrected chi connectivity index (χ4v) is 9.30. The van der Waals surface area contributed by atoms with Crippen molar-refractivity contribution in [3.05, 3.63) is 71.9 Å². The van der Waals surface area contributed by atoms with Crippen LogP contribution < -0.4 is 43.4 Å². The van der Waals surface area contributed by atoms with Crippen LogP contribution >= 0.6 is 0 Å². The number of nitrogens with one attached hydrogen (secondary N) is 7. The Morgan fingerprint density at radius 2 is 1.54 bits per heavy atom. The van der Waals surface area contributed by atoms with Crippen LogP contribution in [0, 0.1) is 5.92 Å². The topological polar surface area (TPSA) is 275 Å². The number of guanidine groups is 1. The number of fused-ring (bicyclic) bond motifs is 2. The SMILES string of the molecule is NC(N)=NCCC[C@@H]1NC(=O)[C@H](Cc2c[nH]c3ccccc23)NC(=O)[C@@H](CC2CCCCC2)NC(=O)[C@@H]2CCCN2C(=O)[C@@H](NC(=O)[C@H](CCc2ccccc2)NC=O)CCCNC1=O. The predicted octanol–water partition coefficient (Wildman–Crippen LogP) is 1.32. The first-order chi connectivity index (χ1) is 31.5. The van der Waals surface area contributed by atoms with E-state index in [1.165, 1.54) is 4.90 Å². The fraction of sp³-hybridized carbons (Fsp3) is 0.532. The van der Waals surface area contributed by atoms with E-state index in [2.05, 4.69) is 41.9 Å². The van der Waals surface area contributed by atoms with Gasteiger partial charge in [-0.05, 0) is 80.9 Å². The van der Waals surface area contributed by atoms with E-state index < -0.39 is 71.7 Å². The zero-order chi connectivity index (χ0) is 46.1. The van der Waals surface area contributed by atoms with Crippen LogP contribution in [0.2, 0.25) is 0 Å². The summed E-state index contributed by atoms with van der Waals surface area (Å²) in [6.45, 7) is 0.523. The summed E-state index contributed by atoms with van der Waals surface area (Å²) in [4.78, 5) is 106. The molecule has 18 nitrogen and oxygen atoms in total. The maximum absolute atomic E-state index is 14.6. The highest BCUT2D eigenvalue weighted by Crippen LogP contribution is 2.28. The molecule has 11 N–H and O–H groups in total. The van der Waals surface area contributed by atoms with Gasteiger partial charge >= 0.3 is 0 Å². The Morgan fingerprint density at radius 1 is 0.815 bits per heavy atom. The summed E-state index contributed by atoms with van der Waals surface area (Å²) in [7, 11) is 0. The molecule has 3 fully saturated rings. The second kappa shape index (κ2) is 24.0. The van der Waals surface area contributed by atoms with Gasteiger partial charge in [0.05, 0.1) is 0 Å². The largest absolute Gasteiger partial charge is 0.370 e. The number of aromatic nitrogens is 1. The Morgan fingerprint density at radius 3 is 2.31 bits per heavy atom. The molecular formula is C47H65N11O7. The summed E-state index contributed by atoms with van der Waals surface area (Å²) >= 11 is 0. The fourth-order valence-electron chi connectivity index (χ4n) is 9.30. The van der Waals surface area contributed by atoms with Crippen LogP contribution in [0.25, 0.3) is 10.9 Å². The minimum Gasteiger partial charge on any atom is -0.370 e. The molecular weight excluding hydrogens is 831 g/mol. The van der Waals surface area contributed by atoms with Crippen molar-refractivity contribution in [3.8, 4) is 0 Å².